The molecule has 3 atom stereocenters. The molecule has 2 saturated heterocycles. The number of benzene rings is 1. The Balaban J connectivity index is 1.26. The van der Waals surface area contributed by atoms with Crippen LogP contribution in [0.1, 0.15) is 24.8 Å². The van der Waals surface area contributed by atoms with Crippen molar-refractivity contribution in [3.8, 4) is 0 Å². The molecule has 35 heavy (non-hydrogen) atoms. The van der Waals surface area contributed by atoms with Crippen molar-refractivity contribution in [2.45, 2.75) is 37.9 Å². The molecule has 9 nitrogen and oxygen atoms in total. The molecule has 192 valence electrons. The van der Waals surface area contributed by atoms with Gasteiger partial charge < -0.3 is 15.0 Å². The summed E-state index contributed by atoms with van der Waals surface area (Å²) in [6, 6.07) is 5.73. The number of halogens is 2. The Morgan fingerprint density at radius 2 is 1.89 bits per heavy atom. The Kier molecular flexibility index (Phi) is 8.88. The molecule has 3 unspecified atom stereocenters. The van der Waals surface area contributed by atoms with E-state index >= 15 is 0 Å². The summed E-state index contributed by atoms with van der Waals surface area (Å²) < 4.78 is 4.77. The van der Waals surface area contributed by atoms with Crippen LogP contribution >= 0.6 is 23.2 Å². The van der Waals surface area contributed by atoms with Gasteiger partial charge >= 0.3 is 5.97 Å². The summed E-state index contributed by atoms with van der Waals surface area (Å²) in [4.78, 5) is 43.5. The fourth-order valence-electron chi connectivity index (χ4n) is 5.28. The number of methoxy groups -OCH3 is 1. The summed E-state index contributed by atoms with van der Waals surface area (Å²) in [5.74, 6) is -0.497. The zero-order valence-electron chi connectivity index (χ0n) is 20.0. The van der Waals surface area contributed by atoms with Gasteiger partial charge in [-0.05, 0) is 37.0 Å². The fourth-order valence-corrected chi connectivity index (χ4v) is 5.60. The standard InChI is InChI=1S/C24H33Cl2N5O4/c1-35-23(33)14-29-6-8-30(9-7-29)17-3-5-21-18(11-17)24(34)31(15-28-21)13-22(32)27-12-16-2-4-19(25)20(26)10-16/h2,4,10,17-18,21,28H,3,5-9,11-15H2,1H3,(H,27,32). The van der Waals surface area contributed by atoms with Gasteiger partial charge in [-0.3, -0.25) is 29.5 Å². The molecule has 1 saturated carbocycles. The maximum atomic E-state index is 13.3. The Morgan fingerprint density at radius 1 is 1.11 bits per heavy atom. The van der Waals surface area contributed by atoms with Gasteiger partial charge in [0.2, 0.25) is 11.8 Å². The van der Waals surface area contributed by atoms with Crippen molar-refractivity contribution >= 4 is 41.0 Å². The molecule has 0 spiro atoms. The molecule has 1 aromatic carbocycles. The number of carbonyl (C=O) groups is 3. The van der Waals surface area contributed by atoms with Crippen LogP contribution in [0.5, 0.6) is 0 Å². The van der Waals surface area contributed by atoms with Crippen LogP contribution in [0.3, 0.4) is 0 Å². The molecule has 11 heteroatoms. The molecule has 2 aliphatic heterocycles. The van der Waals surface area contributed by atoms with E-state index in [1.165, 1.54) is 7.11 Å². The van der Waals surface area contributed by atoms with Gasteiger partial charge in [-0.2, -0.15) is 0 Å². The van der Waals surface area contributed by atoms with E-state index in [2.05, 4.69) is 20.4 Å². The minimum absolute atomic E-state index is 0.0211. The van der Waals surface area contributed by atoms with Crippen molar-refractivity contribution in [2.24, 2.45) is 5.92 Å². The molecule has 2 heterocycles. The Bertz CT molecular complexity index is 940. The van der Waals surface area contributed by atoms with Crippen LogP contribution in [0.2, 0.25) is 10.0 Å². The van der Waals surface area contributed by atoms with Gasteiger partial charge in [0.1, 0.15) is 6.54 Å². The number of nitrogens with zero attached hydrogens (tertiary/aromatic N) is 3. The quantitative estimate of drug-likeness (QED) is 0.518. The first-order valence-electron chi connectivity index (χ1n) is 12.1. The number of fused-ring (bicyclic) bond motifs is 1. The van der Waals surface area contributed by atoms with Gasteiger partial charge in [0.05, 0.1) is 36.3 Å². The maximum absolute atomic E-state index is 13.3. The Morgan fingerprint density at radius 3 is 2.60 bits per heavy atom. The van der Waals surface area contributed by atoms with E-state index in [9.17, 15) is 14.4 Å². The lowest BCUT2D eigenvalue weighted by atomic mass is 9.79. The Hall–Kier alpha value is -1.91. The average molecular weight is 526 g/mol. The monoisotopic (exact) mass is 525 g/mol. The zero-order chi connectivity index (χ0) is 24.9. The number of ether oxygens (including phenoxy) is 1. The third-order valence-electron chi connectivity index (χ3n) is 7.31. The predicted octanol–water partition coefficient (Wildman–Crippen LogP) is 1.33. The van der Waals surface area contributed by atoms with E-state index in [1.807, 2.05) is 6.07 Å². The first-order valence-corrected chi connectivity index (χ1v) is 12.9. The van der Waals surface area contributed by atoms with Gasteiger partial charge in [-0.15, -0.1) is 0 Å². The fraction of sp³-hybridized carbons (Fsp3) is 0.625. The number of carbonyl (C=O) groups excluding carboxylic acids is 3. The second-order valence-electron chi connectivity index (χ2n) is 9.49. The van der Waals surface area contributed by atoms with E-state index in [-0.39, 0.29) is 36.3 Å². The van der Waals surface area contributed by atoms with Crippen molar-refractivity contribution in [1.29, 1.82) is 0 Å². The van der Waals surface area contributed by atoms with Gasteiger partial charge in [-0.1, -0.05) is 29.3 Å². The van der Waals surface area contributed by atoms with E-state index in [0.717, 1.165) is 51.0 Å². The van der Waals surface area contributed by atoms with Crippen LogP contribution in [0.15, 0.2) is 18.2 Å². The summed E-state index contributed by atoms with van der Waals surface area (Å²) in [5.41, 5.74) is 0.845. The van der Waals surface area contributed by atoms with Crippen LogP contribution in [-0.2, 0) is 25.7 Å². The van der Waals surface area contributed by atoms with Crippen molar-refractivity contribution in [3.63, 3.8) is 0 Å². The summed E-state index contributed by atoms with van der Waals surface area (Å²) in [6.07, 6.45) is 2.78. The summed E-state index contributed by atoms with van der Waals surface area (Å²) >= 11 is 12.0. The number of amides is 2. The topological polar surface area (TPSA) is 94.2 Å². The molecule has 3 aliphatic rings. The molecule has 1 aromatic rings. The predicted molar refractivity (Wildman–Crippen MR) is 133 cm³/mol. The number of esters is 1. The number of hydrogen-bond acceptors (Lipinski definition) is 7. The van der Waals surface area contributed by atoms with E-state index in [0.29, 0.717) is 35.8 Å². The molecule has 0 radical (unpaired) electrons. The highest BCUT2D eigenvalue weighted by Gasteiger charge is 2.42. The average Bonchev–Trinajstić information content (AvgIpc) is 2.86. The lowest BCUT2D eigenvalue weighted by Gasteiger charge is -2.47. The SMILES string of the molecule is COC(=O)CN1CCN(C2CCC3NCN(CC(=O)NCc4ccc(Cl)c(Cl)c4)C(=O)C3C2)CC1. The number of piperazine rings is 1. The molecule has 4 rings (SSSR count). The highest BCUT2D eigenvalue weighted by atomic mass is 35.5. The molecule has 2 amide bonds. The molecule has 0 bridgehead atoms. The lowest BCUT2D eigenvalue weighted by molar-refractivity contribution is -0.146. The molecule has 0 aromatic heterocycles. The minimum atomic E-state index is -0.209. The summed E-state index contributed by atoms with van der Waals surface area (Å²) in [5, 5.41) is 7.24. The zero-order valence-corrected chi connectivity index (χ0v) is 21.5. The normalized spacial score (nSPS) is 25.7. The molecular weight excluding hydrogens is 493 g/mol. The third kappa shape index (κ3) is 6.65. The number of rotatable bonds is 7. The maximum Gasteiger partial charge on any atom is 0.319 e. The first kappa shape index (κ1) is 26.2. The van der Waals surface area contributed by atoms with Crippen molar-refractivity contribution in [3.05, 3.63) is 33.8 Å². The first-order chi connectivity index (χ1) is 16.8. The van der Waals surface area contributed by atoms with Gasteiger partial charge in [-0.25, -0.2) is 0 Å². The van der Waals surface area contributed by atoms with Crippen LogP contribution in [0.25, 0.3) is 0 Å². The van der Waals surface area contributed by atoms with E-state index in [1.54, 1.807) is 17.0 Å². The minimum Gasteiger partial charge on any atom is -0.468 e. The number of nitrogens with one attached hydrogen (secondary N) is 2. The van der Waals surface area contributed by atoms with Crippen LogP contribution in [0.4, 0.5) is 0 Å². The van der Waals surface area contributed by atoms with Gasteiger partial charge in [0.25, 0.3) is 0 Å². The molecule has 2 N–H and O–H groups in total. The van der Waals surface area contributed by atoms with Gasteiger partial charge in [0, 0.05) is 44.8 Å². The van der Waals surface area contributed by atoms with Crippen molar-refractivity contribution < 1.29 is 19.1 Å². The van der Waals surface area contributed by atoms with Crippen LogP contribution in [0, 0.1) is 5.92 Å². The van der Waals surface area contributed by atoms with Crippen LogP contribution < -0.4 is 10.6 Å². The summed E-state index contributed by atoms with van der Waals surface area (Å²) in [6.45, 7) is 4.44. The second-order valence-corrected chi connectivity index (χ2v) is 10.3. The largest absolute Gasteiger partial charge is 0.468 e. The second kappa shape index (κ2) is 11.9. The molecule has 1 aliphatic carbocycles. The Labute approximate surface area is 216 Å². The number of hydrogen-bond donors (Lipinski definition) is 2. The van der Waals surface area contributed by atoms with Crippen molar-refractivity contribution in [1.82, 2.24) is 25.3 Å². The lowest BCUT2D eigenvalue weighted by Crippen LogP contribution is -2.62. The summed E-state index contributed by atoms with van der Waals surface area (Å²) in [7, 11) is 1.41. The molecular formula is C24H33Cl2N5O4. The van der Waals surface area contributed by atoms with E-state index in [4.69, 9.17) is 27.9 Å². The smallest absolute Gasteiger partial charge is 0.319 e. The highest BCUT2D eigenvalue weighted by molar-refractivity contribution is 6.42. The third-order valence-corrected chi connectivity index (χ3v) is 8.05. The molecule has 3 fully saturated rings. The van der Waals surface area contributed by atoms with Crippen LogP contribution in [-0.4, -0.2) is 97.6 Å². The van der Waals surface area contributed by atoms with E-state index < -0.39 is 0 Å². The van der Waals surface area contributed by atoms with Gasteiger partial charge in [0.15, 0.2) is 0 Å². The highest BCUT2D eigenvalue weighted by Crippen LogP contribution is 2.32. The van der Waals surface area contributed by atoms with Crippen molar-refractivity contribution in [2.75, 3.05) is 53.0 Å².